The molecule has 5 aliphatic rings. The Hall–Kier alpha value is -4.94. The van der Waals surface area contributed by atoms with Crippen LogP contribution in [0.2, 0.25) is 0 Å². The lowest BCUT2D eigenvalue weighted by Crippen LogP contribution is -2.60. The molecule has 4 saturated carbocycles. The van der Waals surface area contributed by atoms with Gasteiger partial charge in [0.2, 0.25) is 11.8 Å². The van der Waals surface area contributed by atoms with Gasteiger partial charge in [0.05, 0.1) is 6.42 Å². The quantitative estimate of drug-likeness (QED) is 0.177. The summed E-state index contributed by atoms with van der Waals surface area (Å²) in [6, 6.07) is 12.1. The molecule has 2 aromatic rings. The van der Waals surface area contributed by atoms with Crippen molar-refractivity contribution < 1.29 is 33.9 Å². The molecule has 1 aliphatic heterocycles. The van der Waals surface area contributed by atoms with Crippen molar-refractivity contribution in [2.24, 2.45) is 29.6 Å². The van der Waals surface area contributed by atoms with Crippen LogP contribution in [0.25, 0.3) is 0 Å². The number of rotatable bonds is 13. The second-order valence-electron chi connectivity index (χ2n) is 16.0. The van der Waals surface area contributed by atoms with E-state index in [0.29, 0.717) is 40.6 Å². The fraction of sp³-hybridized carbons (Fsp3) is 0.538. The van der Waals surface area contributed by atoms with Gasteiger partial charge < -0.3 is 31.3 Å². The summed E-state index contributed by atoms with van der Waals surface area (Å²) in [5, 5.41) is 21.0. The van der Waals surface area contributed by atoms with E-state index in [1.54, 1.807) is 50.2 Å². The van der Waals surface area contributed by atoms with Gasteiger partial charge in [-0.05, 0) is 112 Å². The predicted molar refractivity (Wildman–Crippen MR) is 194 cm³/mol. The summed E-state index contributed by atoms with van der Waals surface area (Å²) in [6.45, 7) is 7.01. The van der Waals surface area contributed by atoms with Crippen molar-refractivity contribution in [3.8, 4) is 0 Å². The highest BCUT2D eigenvalue weighted by Gasteiger charge is 2.55. The van der Waals surface area contributed by atoms with Crippen LogP contribution < -0.4 is 21.3 Å². The molecular formula is C39H50N6O7. The van der Waals surface area contributed by atoms with E-state index in [-0.39, 0.29) is 24.9 Å². The largest absolute Gasteiger partial charge is 0.481 e. The highest BCUT2D eigenvalue weighted by molar-refractivity contribution is 6.09. The molecule has 1 heterocycles. The van der Waals surface area contributed by atoms with Crippen LogP contribution in [-0.4, -0.2) is 74.3 Å². The number of hydrogen-bond acceptors (Lipinski definition) is 6. The molecule has 5 N–H and O–H groups in total. The fourth-order valence-corrected chi connectivity index (χ4v) is 8.95. The lowest BCUT2D eigenvalue weighted by Gasteiger charge is -2.54. The molecule has 7 amide bonds. The summed E-state index contributed by atoms with van der Waals surface area (Å²) < 4.78 is 0. The van der Waals surface area contributed by atoms with Gasteiger partial charge in [-0.2, -0.15) is 0 Å². The smallest absolute Gasteiger partial charge is 0.328 e. The lowest BCUT2D eigenvalue weighted by atomic mass is 9.54. The summed E-state index contributed by atoms with van der Waals surface area (Å²) in [5.41, 5.74) is 0.552. The third-order valence-electron chi connectivity index (χ3n) is 11.3. The zero-order valence-electron chi connectivity index (χ0n) is 30.3. The SMILES string of the molecule is CC(C)C[C@@H](C(=O)N[C@@H](CC(=O)O)C(=O)NC1C2CC3CC(C2)CC1C3)N1C(=O)N(Cc2ccc(NC(=O)Nc3ccccc3)cc2)C(C)(C)C1=O. The molecule has 2 aromatic carbocycles. The number of carboxylic acid groups (broad SMARTS) is 1. The number of anilines is 2. The molecule has 278 valence electrons. The third-order valence-corrected chi connectivity index (χ3v) is 11.3. The fourth-order valence-electron chi connectivity index (χ4n) is 8.95. The molecule has 1 saturated heterocycles. The average Bonchev–Trinajstić information content (AvgIpc) is 3.24. The first-order chi connectivity index (χ1) is 24.7. The van der Waals surface area contributed by atoms with Crippen LogP contribution in [0.4, 0.5) is 21.0 Å². The minimum absolute atomic E-state index is 0.0488. The van der Waals surface area contributed by atoms with E-state index in [9.17, 15) is 33.9 Å². The number of amides is 7. The first-order valence-corrected chi connectivity index (χ1v) is 18.4. The van der Waals surface area contributed by atoms with E-state index in [4.69, 9.17) is 0 Å². The zero-order chi connectivity index (χ0) is 37.3. The summed E-state index contributed by atoms with van der Waals surface area (Å²) >= 11 is 0. The second kappa shape index (κ2) is 15.0. The Bertz CT molecular complexity index is 1670. The van der Waals surface area contributed by atoms with Gasteiger partial charge in [-0.3, -0.25) is 19.2 Å². The molecule has 7 rings (SSSR count). The average molecular weight is 715 g/mol. The van der Waals surface area contributed by atoms with Crippen molar-refractivity contribution in [1.82, 2.24) is 20.4 Å². The Morgan fingerprint density at radius 3 is 1.96 bits per heavy atom. The molecule has 0 aromatic heterocycles. The maximum atomic E-state index is 14.1. The zero-order valence-corrected chi connectivity index (χ0v) is 30.3. The van der Waals surface area contributed by atoms with Crippen LogP contribution in [0.3, 0.4) is 0 Å². The van der Waals surface area contributed by atoms with Crippen molar-refractivity contribution in [2.45, 2.75) is 103 Å². The van der Waals surface area contributed by atoms with Crippen LogP contribution in [0.15, 0.2) is 54.6 Å². The number of nitrogens with zero attached hydrogens (tertiary/aromatic N) is 2. The molecule has 52 heavy (non-hydrogen) atoms. The van der Waals surface area contributed by atoms with Gasteiger partial charge in [0.25, 0.3) is 5.91 Å². The number of urea groups is 2. The first-order valence-electron chi connectivity index (χ1n) is 18.4. The van der Waals surface area contributed by atoms with E-state index < -0.39 is 59.8 Å². The molecule has 13 nitrogen and oxygen atoms in total. The molecule has 4 bridgehead atoms. The molecule has 0 unspecified atom stereocenters. The number of carboxylic acids is 1. The number of hydrogen-bond donors (Lipinski definition) is 5. The monoisotopic (exact) mass is 714 g/mol. The van der Waals surface area contributed by atoms with Gasteiger partial charge in [0.1, 0.15) is 17.6 Å². The van der Waals surface area contributed by atoms with Crippen LogP contribution >= 0.6 is 0 Å². The summed E-state index contributed by atoms with van der Waals surface area (Å²) in [6.07, 6.45) is 4.98. The standard InChI is InChI=1S/C39H50N6O7/c1-22(2)14-31(35(49)42-30(20-32(46)47)34(48)43-33-26-16-24-15-25(18-26)19-27(33)17-24)45-36(50)39(3,4)44(38(45)52)21-23-10-12-29(13-11-23)41-37(51)40-28-8-6-5-7-9-28/h5-13,22,24-27,30-31,33H,14-21H2,1-4H3,(H,42,49)(H,43,48)(H,46,47)(H2,40,41,51)/t24?,25?,26?,27?,30-,31-,33?/m0/s1. The molecule has 13 heteroatoms. The van der Waals surface area contributed by atoms with Crippen molar-refractivity contribution in [3.05, 3.63) is 60.2 Å². The summed E-state index contributed by atoms with van der Waals surface area (Å²) in [7, 11) is 0. The van der Waals surface area contributed by atoms with Crippen LogP contribution in [0, 0.1) is 29.6 Å². The molecule has 0 spiro atoms. The van der Waals surface area contributed by atoms with E-state index >= 15 is 0 Å². The number of nitrogens with one attached hydrogen (secondary N) is 4. The maximum Gasteiger partial charge on any atom is 0.328 e. The predicted octanol–water partition coefficient (Wildman–Crippen LogP) is 5.19. The molecule has 0 radical (unpaired) electrons. The maximum absolute atomic E-state index is 14.1. The van der Waals surface area contributed by atoms with E-state index in [1.807, 2.05) is 32.0 Å². The number of carbonyl (C=O) groups is 6. The van der Waals surface area contributed by atoms with Crippen molar-refractivity contribution in [3.63, 3.8) is 0 Å². The van der Waals surface area contributed by atoms with Crippen LogP contribution in [0.5, 0.6) is 0 Å². The number of carbonyl (C=O) groups excluding carboxylic acids is 5. The van der Waals surface area contributed by atoms with Crippen LogP contribution in [0.1, 0.15) is 78.2 Å². The number of benzene rings is 2. The Labute approximate surface area is 304 Å². The van der Waals surface area contributed by atoms with Gasteiger partial charge in [0.15, 0.2) is 0 Å². The summed E-state index contributed by atoms with van der Waals surface area (Å²) in [4.78, 5) is 82.4. The van der Waals surface area contributed by atoms with Crippen molar-refractivity contribution in [1.29, 1.82) is 0 Å². The molecular weight excluding hydrogens is 664 g/mol. The molecule has 4 aliphatic carbocycles. The van der Waals surface area contributed by atoms with E-state index in [0.717, 1.165) is 30.6 Å². The first kappa shape index (κ1) is 36.8. The lowest BCUT2D eigenvalue weighted by molar-refractivity contribution is -0.143. The van der Waals surface area contributed by atoms with Crippen molar-refractivity contribution >= 4 is 47.1 Å². The van der Waals surface area contributed by atoms with Gasteiger partial charge in [-0.1, -0.05) is 44.2 Å². The van der Waals surface area contributed by atoms with Crippen LogP contribution in [-0.2, 0) is 25.7 Å². The normalized spacial score (nSPS) is 25.5. The molecule has 5 fully saturated rings. The van der Waals surface area contributed by atoms with Gasteiger partial charge >= 0.3 is 18.0 Å². The highest BCUT2D eigenvalue weighted by Crippen LogP contribution is 2.53. The van der Waals surface area contributed by atoms with Gasteiger partial charge in [-0.25, -0.2) is 14.5 Å². The minimum Gasteiger partial charge on any atom is -0.481 e. The van der Waals surface area contributed by atoms with E-state index in [2.05, 4.69) is 21.3 Å². The Kier molecular flexibility index (Phi) is 10.6. The molecule has 2 atom stereocenters. The minimum atomic E-state index is -1.37. The number of para-hydroxylation sites is 1. The third kappa shape index (κ3) is 7.93. The van der Waals surface area contributed by atoms with Crippen molar-refractivity contribution in [2.75, 3.05) is 10.6 Å². The Morgan fingerprint density at radius 2 is 1.40 bits per heavy atom. The van der Waals surface area contributed by atoms with Gasteiger partial charge in [0, 0.05) is 24.0 Å². The Balaban J connectivity index is 1.13. The summed E-state index contributed by atoms with van der Waals surface area (Å²) in [5.74, 6) is -1.13. The second-order valence-corrected chi connectivity index (χ2v) is 16.0. The Morgan fingerprint density at radius 1 is 0.827 bits per heavy atom. The van der Waals surface area contributed by atoms with Gasteiger partial charge in [-0.15, -0.1) is 0 Å². The topological polar surface area (TPSA) is 177 Å². The number of aliphatic carboxylic acids is 1. The number of imide groups is 1. The van der Waals surface area contributed by atoms with E-state index in [1.165, 1.54) is 11.3 Å². The highest BCUT2D eigenvalue weighted by atomic mass is 16.4.